The number of aryl methyl sites for hydroxylation is 2. The van der Waals surface area contributed by atoms with Gasteiger partial charge in [-0.1, -0.05) is 35.9 Å². The van der Waals surface area contributed by atoms with E-state index in [2.05, 4.69) is 24.4 Å². The maximum Gasteiger partial charge on any atom is 0.260 e. The van der Waals surface area contributed by atoms with Crippen molar-refractivity contribution in [3.05, 3.63) is 82.1 Å². The molecule has 1 saturated carbocycles. The highest BCUT2D eigenvalue weighted by Crippen LogP contribution is 2.46. The van der Waals surface area contributed by atoms with Gasteiger partial charge in [0.05, 0.1) is 10.6 Å². The number of nitrogens with one attached hydrogen (secondary N) is 1. The van der Waals surface area contributed by atoms with E-state index < -0.39 is 11.7 Å². The first-order valence-corrected chi connectivity index (χ1v) is 11.0. The second kappa shape index (κ2) is 7.69. The third-order valence-corrected chi connectivity index (χ3v) is 6.81. The third-order valence-electron chi connectivity index (χ3n) is 6.49. The minimum Gasteiger partial charge on any atom is -0.487 e. The molecule has 2 aliphatic rings. The van der Waals surface area contributed by atoms with E-state index >= 15 is 0 Å². The van der Waals surface area contributed by atoms with E-state index in [1.54, 1.807) is 0 Å². The molecule has 0 unspecified atom stereocenters. The Balaban J connectivity index is 1.38. The first-order chi connectivity index (χ1) is 14.9. The summed E-state index contributed by atoms with van der Waals surface area (Å²) in [5.41, 5.74) is 5.12. The fourth-order valence-electron chi connectivity index (χ4n) is 4.56. The van der Waals surface area contributed by atoms with Gasteiger partial charge in [0.25, 0.3) is 5.91 Å². The zero-order chi connectivity index (χ0) is 21.6. The fourth-order valence-corrected chi connectivity index (χ4v) is 4.81. The van der Waals surface area contributed by atoms with Crippen molar-refractivity contribution in [2.75, 3.05) is 5.32 Å². The molecule has 0 radical (unpaired) electrons. The molecule has 5 heteroatoms. The van der Waals surface area contributed by atoms with Gasteiger partial charge in [-0.3, -0.25) is 4.79 Å². The largest absolute Gasteiger partial charge is 0.487 e. The van der Waals surface area contributed by atoms with E-state index in [9.17, 15) is 9.18 Å². The van der Waals surface area contributed by atoms with Crippen LogP contribution in [0.25, 0.3) is 11.1 Å². The summed E-state index contributed by atoms with van der Waals surface area (Å²) in [6, 6.07) is 16.1. The van der Waals surface area contributed by atoms with Crippen LogP contribution in [-0.2, 0) is 6.42 Å². The van der Waals surface area contributed by atoms with E-state index in [1.165, 1.54) is 35.7 Å². The van der Waals surface area contributed by atoms with Crippen LogP contribution in [0.3, 0.4) is 0 Å². The van der Waals surface area contributed by atoms with Gasteiger partial charge in [-0.05, 0) is 91.6 Å². The van der Waals surface area contributed by atoms with E-state index in [4.69, 9.17) is 16.3 Å². The molecule has 1 aliphatic carbocycles. The molecule has 0 atom stereocenters. The summed E-state index contributed by atoms with van der Waals surface area (Å²) in [7, 11) is 0. The Bertz CT molecular complexity index is 1150. The third kappa shape index (κ3) is 3.70. The average Bonchev–Trinajstić information content (AvgIpc) is 2.72. The molecule has 31 heavy (non-hydrogen) atoms. The molecule has 0 saturated heterocycles. The Hall–Kier alpha value is -2.85. The highest BCUT2D eigenvalue weighted by Gasteiger charge is 2.41. The zero-order valence-electron chi connectivity index (χ0n) is 17.3. The number of carbonyl (C=O) groups is 1. The topological polar surface area (TPSA) is 38.3 Å². The Morgan fingerprint density at radius 1 is 1.10 bits per heavy atom. The second-order valence-corrected chi connectivity index (χ2v) is 8.95. The lowest BCUT2D eigenvalue weighted by Gasteiger charge is -2.45. The standard InChI is InChI=1S/C26H23ClFNO2/c1-16-14-18-10-13-26(11-3-12-26)31-23(18)15-20(16)17-6-8-19(9-7-17)29-25(30)24-21(27)4-2-5-22(24)28/h2,4-9,14-15H,3,10-13H2,1H3,(H,29,30). The van der Waals surface area contributed by atoms with Crippen molar-refractivity contribution in [1.29, 1.82) is 0 Å². The van der Waals surface area contributed by atoms with Crippen LogP contribution in [0.15, 0.2) is 54.6 Å². The van der Waals surface area contributed by atoms with Gasteiger partial charge in [-0.2, -0.15) is 0 Å². The van der Waals surface area contributed by atoms with Gasteiger partial charge in [-0.25, -0.2) is 4.39 Å². The van der Waals surface area contributed by atoms with E-state index in [0.717, 1.165) is 42.6 Å². The number of hydrogen-bond donors (Lipinski definition) is 1. The van der Waals surface area contributed by atoms with Crippen LogP contribution >= 0.6 is 11.6 Å². The van der Waals surface area contributed by atoms with Crippen LogP contribution in [0.5, 0.6) is 5.75 Å². The molecule has 1 fully saturated rings. The minimum atomic E-state index is -0.643. The minimum absolute atomic E-state index is 0.0572. The Labute approximate surface area is 186 Å². The predicted octanol–water partition coefficient (Wildman–Crippen LogP) is 6.95. The van der Waals surface area contributed by atoms with Gasteiger partial charge in [-0.15, -0.1) is 0 Å². The molecule has 3 aromatic rings. The van der Waals surface area contributed by atoms with E-state index in [-0.39, 0.29) is 16.2 Å². The van der Waals surface area contributed by atoms with Gasteiger partial charge < -0.3 is 10.1 Å². The van der Waals surface area contributed by atoms with Crippen molar-refractivity contribution >= 4 is 23.2 Å². The average molecular weight is 436 g/mol. The molecule has 1 spiro atoms. The SMILES string of the molecule is Cc1cc2c(cc1-c1ccc(NC(=O)c3c(F)cccc3Cl)cc1)OC1(CCC1)CC2. The summed E-state index contributed by atoms with van der Waals surface area (Å²) < 4.78 is 20.4. The van der Waals surface area contributed by atoms with Crippen molar-refractivity contribution in [2.24, 2.45) is 0 Å². The summed E-state index contributed by atoms with van der Waals surface area (Å²) in [5, 5.41) is 2.81. The molecule has 3 nitrogen and oxygen atoms in total. The van der Waals surface area contributed by atoms with Gasteiger partial charge in [0.15, 0.2) is 0 Å². The van der Waals surface area contributed by atoms with Crippen LogP contribution in [0, 0.1) is 12.7 Å². The molecule has 0 bridgehead atoms. The summed E-state index contributed by atoms with van der Waals surface area (Å²) in [5.74, 6) is -0.214. The first kappa shape index (κ1) is 20.1. The molecule has 3 aromatic carbocycles. The van der Waals surface area contributed by atoms with Crippen molar-refractivity contribution in [2.45, 2.75) is 44.6 Å². The highest BCUT2D eigenvalue weighted by atomic mass is 35.5. The first-order valence-electron chi connectivity index (χ1n) is 10.6. The van der Waals surface area contributed by atoms with Crippen molar-refractivity contribution in [3.8, 4) is 16.9 Å². The quantitative estimate of drug-likeness (QED) is 0.483. The normalized spacial score (nSPS) is 16.2. The van der Waals surface area contributed by atoms with Crippen molar-refractivity contribution in [3.63, 3.8) is 0 Å². The summed E-state index contributed by atoms with van der Waals surface area (Å²) in [6.07, 6.45) is 5.73. The van der Waals surface area contributed by atoms with Crippen LogP contribution in [0.4, 0.5) is 10.1 Å². The van der Waals surface area contributed by atoms with Gasteiger partial charge in [0.2, 0.25) is 0 Å². The highest BCUT2D eigenvalue weighted by molar-refractivity contribution is 6.34. The lowest BCUT2D eigenvalue weighted by atomic mass is 9.74. The maximum atomic E-state index is 14.0. The smallest absolute Gasteiger partial charge is 0.260 e. The van der Waals surface area contributed by atoms with Gasteiger partial charge >= 0.3 is 0 Å². The molecule has 5 rings (SSSR count). The molecule has 0 aromatic heterocycles. The second-order valence-electron chi connectivity index (χ2n) is 8.54. The molecule has 1 aliphatic heterocycles. The molecule has 1 N–H and O–H groups in total. The number of halogens is 2. The summed E-state index contributed by atoms with van der Waals surface area (Å²) in [6.45, 7) is 2.11. The van der Waals surface area contributed by atoms with Gasteiger partial charge in [0, 0.05) is 5.69 Å². The number of benzene rings is 3. The molecule has 158 valence electrons. The monoisotopic (exact) mass is 435 g/mol. The predicted molar refractivity (Wildman–Crippen MR) is 122 cm³/mol. The Morgan fingerprint density at radius 3 is 2.55 bits per heavy atom. The van der Waals surface area contributed by atoms with Gasteiger partial charge in [0.1, 0.15) is 17.2 Å². The number of hydrogen-bond acceptors (Lipinski definition) is 2. The maximum absolute atomic E-state index is 14.0. The van der Waals surface area contributed by atoms with Crippen LogP contribution < -0.4 is 10.1 Å². The van der Waals surface area contributed by atoms with Crippen molar-refractivity contribution < 1.29 is 13.9 Å². The molecule has 1 heterocycles. The molecule has 1 amide bonds. The Morgan fingerprint density at radius 2 is 1.87 bits per heavy atom. The fraction of sp³-hybridized carbons (Fsp3) is 0.269. The number of ether oxygens (including phenoxy) is 1. The Kier molecular flexibility index (Phi) is 4.98. The van der Waals surface area contributed by atoms with Crippen LogP contribution in [0.1, 0.15) is 47.2 Å². The van der Waals surface area contributed by atoms with E-state index in [1.807, 2.05) is 24.3 Å². The number of fused-ring (bicyclic) bond motifs is 1. The zero-order valence-corrected chi connectivity index (χ0v) is 18.1. The van der Waals surface area contributed by atoms with Crippen LogP contribution in [0.2, 0.25) is 5.02 Å². The lowest BCUT2D eigenvalue weighted by molar-refractivity contribution is -0.0249. The molecular weight excluding hydrogens is 413 g/mol. The van der Waals surface area contributed by atoms with Crippen molar-refractivity contribution in [1.82, 2.24) is 0 Å². The van der Waals surface area contributed by atoms with Crippen LogP contribution in [-0.4, -0.2) is 11.5 Å². The lowest BCUT2D eigenvalue weighted by Crippen LogP contribution is -2.45. The number of amides is 1. The number of carbonyl (C=O) groups excluding carboxylic acids is 1. The van der Waals surface area contributed by atoms with E-state index in [0.29, 0.717) is 5.69 Å². The number of anilines is 1. The summed E-state index contributed by atoms with van der Waals surface area (Å²) in [4.78, 5) is 12.5. The molecular formula is C26H23ClFNO2. The number of rotatable bonds is 3. The summed E-state index contributed by atoms with van der Waals surface area (Å²) >= 11 is 5.99.